The minimum atomic E-state index is 0.722. The molecule has 3 rings (SSSR count). The van der Waals surface area contributed by atoms with Gasteiger partial charge in [0.2, 0.25) is 0 Å². The Morgan fingerprint density at radius 3 is 2.16 bits per heavy atom. The Kier molecular flexibility index (Phi) is 4.16. The van der Waals surface area contributed by atoms with E-state index in [4.69, 9.17) is 0 Å². The maximum absolute atomic E-state index is 2.76. The minimum absolute atomic E-state index is 0.722. The van der Waals surface area contributed by atoms with Crippen molar-refractivity contribution in [2.75, 3.05) is 59.4 Å². The van der Waals surface area contributed by atoms with Crippen molar-refractivity contribution in [2.24, 2.45) is 11.3 Å². The molecular formula is C16H31N3. The van der Waals surface area contributed by atoms with Crippen LogP contribution in [0, 0.1) is 11.3 Å². The molecule has 3 heteroatoms. The van der Waals surface area contributed by atoms with Crippen LogP contribution in [0.15, 0.2) is 0 Å². The summed E-state index contributed by atoms with van der Waals surface area (Å²) in [6, 6.07) is 0. The van der Waals surface area contributed by atoms with Crippen LogP contribution in [0.25, 0.3) is 0 Å². The van der Waals surface area contributed by atoms with Crippen LogP contribution in [-0.4, -0.2) is 74.1 Å². The van der Waals surface area contributed by atoms with Crippen LogP contribution in [0.3, 0.4) is 0 Å². The lowest BCUT2D eigenvalue weighted by Gasteiger charge is -2.54. The van der Waals surface area contributed by atoms with Gasteiger partial charge >= 0.3 is 0 Å². The summed E-state index contributed by atoms with van der Waals surface area (Å²) in [5.74, 6) is 0.971. The summed E-state index contributed by atoms with van der Waals surface area (Å²) in [5.41, 5.74) is 0.722. The first-order valence-corrected chi connectivity index (χ1v) is 8.32. The second-order valence-corrected chi connectivity index (χ2v) is 7.35. The summed E-state index contributed by atoms with van der Waals surface area (Å²) in [6.45, 7) is 13.0. The monoisotopic (exact) mass is 265 g/mol. The second kappa shape index (κ2) is 5.71. The standard InChI is InChI=1S/C16H31N3/c1-3-18-13-16(14-18)6-10-19(11-7-16)12-15-4-8-17(2)9-5-15/h15H,3-14H2,1-2H3. The van der Waals surface area contributed by atoms with Gasteiger partial charge in [-0.15, -0.1) is 0 Å². The number of nitrogens with zero attached hydrogens (tertiary/aromatic N) is 3. The van der Waals surface area contributed by atoms with Crippen molar-refractivity contribution in [3.63, 3.8) is 0 Å². The Morgan fingerprint density at radius 2 is 1.58 bits per heavy atom. The first-order valence-electron chi connectivity index (χ1n) is 8.32. The molecule has 3 saturated heterocycles. The Hall–Kier alpha value is -0.120. The lowest BCUT2D eigenvalue weighted by molar-refractivity contribution is -0.0466. The zero-order valence-corrected chi connectivity index (χ0v) is 12.9. The Labute approximate surface area is 118 Å². The molecule has 0 bridgehead atoms. The summed E-state index contributed by atoms with van der Waals surface area (Å²) in [4.78, 5) is 7.85. The molecule has 1 spiro atoms. The normalized spacial score (nSPS) is 30.6. The fourth-order valence-electron chi connectivity index (χ4n) is 4.26. The van der Waals surface area contributed by atoms with E-state index in [1.165, 1.54) is 78.0 Å². The molecule has 19 heavy (non-hydrogen) atoms. The molecule has 0 amide bonds. The van der Waals surface area contributed by atoms with Crippen LogP contribution in [0.4, 0.5) is 0 Å². The molecule has 0 N–H and O–H groups in total. The molecule has 3 fully saturated rings. The van der Waals surface area contributed by atoms with Crippen LogP contribution >= 0.6 is 0 Å². The van der Waals surface area contributed by atoms with Gasteiger partial charge in [0.1, 0.15) is 0 Å². The lowest BCUT2D eigenvalue weighted by atomic mass is 9.72. The van der Waals surface area contributed by atoms with E-state index in [2.05, 4.69) is 28.7 Å². The Morgan fingerprint density at radius 1 is 0.947 bits per heavy atom. The van der Waals surface area contributed by atoms with Gasteiger partial charge < -0.3 is 14.7 Å². The fraction of sp³-hybridized carbons (Fsp3) is 1.00. The number of likely N-dealkylation sites (tertiary alicyclic amines) is 3. The summed E-state index contributed by atoms with van der Waals surface area (Å²) in [7, 11) is 2.26. The lowest BCUT2D eigenvalue weighted by Crippen LogP contribution is -2.60. The van der Waals surface area contributed by atoms with E-state index in [1.807, 2.05) is 0 Å². The zero-order valence-electron chi connectivity index (χ0n) is 12.9. The van der Waals surface area contributed by atoms with Gasteiger partial charge in [0.05, 0.1) is 0 Å². The molecule has 0 saturated carbocycles. The predicted molar refractivity (Wildman–Crippen MR) is 80.4 cm³/mol. The van der Waals surface area contributed by atoms with Crippen molar-refractivity contribution in [1.29, 1.82) is 0 Å². The number of piperidine rings is 2. The minimum Gasteiger partial charge on any atom is -0.306 e. The fourth-order valence-corrected chi connectivity index (χ4v) is 4.26. The average Bonchev–Trinajstić information content (AvgIpc) is 2.40. The Balaban J connectivity index is 1.39. The van der Waals surface area contributed by atoms with Gasteiger partial charge in [0.15, 0.2) is 0 Å². The molecule has 0 aromatic carbocycles. The van der Waals surface area contributed by atoms with E-state index in [1.54, 1.807) is 0 Å². The Bertz CT molecular complexity index is 280. The number of hydrogen-bond acceptors (Lipinski definition) is 3. The molecule has 0 atom stereocenters. The zero-order chi connectivity index (χ0) is 13.3. The summed E-state index contributed by atoms with van der Waals surface area (Å²) in [6.07, 6.45) is 5.75. The van der Waals surface area contributed by atoms with Gasteiger partial charge in [-0.05, 0) is 76.8 Å². The molecule has 3 aliphatic rings. The smallest absolute Gasteiger partial charge is 0.00513 e. The quantitative estimate of drug-likeness (QED) is 0.770. The largest absolute Gasteiger partial charge is 0.306 e. The molecule has 0 radical (unpaired) electrons. The third-order valence-corrected chi connectivity index (χ3v) is 5.84. The van der Waals surface area contributed by atoms with E-state index < -0.39 is 0 Å². The molecule has 0 aromatic heterocycles. The third kappa shape index (κ3) is 3.14. The van der Waals surface area contributed by atoms with E-state index in [9.17, 15) is 0 Å². The number of rotatable bonds is 3. The van der Waals surface area contributed by atoms with Crippen molar-refractivity contribution in [3.05, 3.63) is 0 Å². The van der Waals surface area contributed by atoms with Crippen molar-refractivity contribution >= 4 is 0 Å². The third-order valence-electron chi connectivity index (χ3n) is 5.84. The molecule has 0 aliphatic carbocycles. The number of hydrogen-bond donors (Lipinski definition) is 0. The maximum atomic E-state index is 2.76. The van der Waals surface area contributed by atoms with Crippen LogP contribution in [0.5, 0.6) is 0 Å². The van der Waals surface area contributed by atoms with Crippen LogP contribution in [-0.2, 0) is 0 Å². The van der Waals surface area contributed by atoms with E-state index in [0.29, 0.717) is 0 Å². The van der Waals surface area contributed by atoms with Gasteiger partial charge in [0, 0.05) is 19.6 Å². The van der Waals surface area contributed by atoms with Crippen molar-refractivity contribution in [2.45, 2.75) is 32.6 Å². The maximum Gasteiger partial charge on any atom is 0.00513 e. The molecule has 0 aromatic rings. The van der Waals surface area contributed by atoms with Gasteiger partial charge in [-0.3, -0.25) is 0 Å². The van der Waals surface area contributed by atoms with Gasteiger partial charge in [-0.2, -0.15) is 0 Å². The van der Waals surface area contributed by atoms with Gasteiger partial charge in [0.25, 0.3) is 0 Å². The van der Waals surface area contributed by atoms with Crippen molar-refractivity contribution in [3.8, 4) is 0 Å². The highest BCUT2D eigenvalue weighted by atomic mass is 15.2. The molecule has 3 heterocycles. The SMILES string of the molecule is CCN1CC2(CCN(CC3CCN(C)CC3)CC2)C1. The molecule has 3 nitrogen and oxygen atoms in total. The summed E-state index contributed by atoms with van der Waals surface area (Å²) < 4.78 is 0. The molecule has 3 aliphatic heterocycles. The molecule has 0 unspecified atom stereocenters. The first kappa shape index (κ1) is 13.8. The average molecular weight is 265 g/mol. The highest BCUT2D eigenvalue weighted by Gasteiger charge is 2.43. The van der Waals surface area contributed by atoms with Crippen LogP contribution < -0.4 is 0 Å². The summed E-state index contributed by atoms with van der Waals surface area (Å²) in [5, 5.41) is 0. The first-order chi connectivity index (χ1) is 9.19. The topological polar surface area (TPSA) is 9.72 Å². The summed E-state index contributed by atoms with van der Waals surface area (Å²) >= 11 is 0. The van der Waals surface area contributed by atoms with E-state index >= 15 is 0 Å². The van der Waals surface area contributed by atoms with E-state index in [-0.39, 0.29) is 0 Å². The molecular weight excluding hydrogens is 234 g/mol. The molecule has 110 valence electrons. The highest BCUT2D eigenvalue weighted by molar-refractivity contribution is 4.98. The van der Waals surface area contributed by atoms with Crippen LogP contribution in [0.2, 0.25) is 0 Å². The highest BCUT2D eigenvalue weighted by Crippen LogP contribution is 2.40. The van der Waals surface area contributed by atoms with Gasteiger partial charge in [-0.1, -0.05) is 6.92 Å². The predicted octanol–water partition coefficient (Wildman–Crippen LogP) is 1.75. The van der Waals surface area contributed by atoms with Crippen LogP contribution in [0.1, 0.15) is 32.6 Å². The van der Waals surface area contributed by atoms with Crippen molar-refractivity contribution < 1.29 is 0 Å². The van der Waals surface area contributed by atoms with Crippen molar-refractivity contribution in [1.82, 2.24) is 14.7 Å². The van der Waals surface area contributed by atoms with Gasteiger partial charge in [-0.25, -0.2) is 0 Å². The second-order valence-electron chi connectivity index (χ2n) is 7.35. The van der Waals surface area contributed by atoms with E-state index in [0.717, 1.165) is 11.3 Å².